The van der Waals surface area contributed by atoms with E-state index in [4.69, 9.17) is 0 Å². The molecule has 0 aliphatic heterocycles. The molecule has 0 saturated heterocycles. The highest BCUT2D eigenvalue weighted by Crippen LogP contribution is 2.18. The topological polar surface area (TPSA) is 29.9 Å². The molecule has 2 rings (SSSR count). The van der Waals surface area contributed by atoms with Gasteiger partial charge in [-0.15, -0.1) is 0 Å². The fourth-order valence-corrected chi connectivity index (χ4v) is 2.01. The maximum atomic E-state index is 13.5. The predicted molar refractivity (Wildman–Crippen MR) is 79.6 cm³/mol. The van der Waals surface area contributed by atoms with E-state index in [2.05, 4.69) is 38.1 Å². The molecular formula is C16H22FN3. The average Bonchev–Trinajstić information content (AvgIpc) is 2.86. The summed E-state index contributed by atoms with van der Waals surface area (Å²) < 4.78 is 15.3. The van der Waals surface area contributed by atoms with Gasteiger partial charge < -0.3 is 5.32 Å². The van der Waals surface area contributed by atoms with Crippen LogP contribution in [0.3, 0.4) is 0 Å². The number of nitrogens with zero attached hydrogens (tertiary/aromatic N) is 2. The Balaban J connectivity index is 2.33. The number of aromatic nitrogens is 2. The predicted octanol–water partition coefficient (Wildman–Crippen LogP) is 3.63. The molecule has 2 aromatic rings. The molecule has 1 aromatic heterocycles. The average molecular weight is 275 g/mol. The molecule has 0 fully saturated rings. The number of rotatable bonds is 5. The zero-order valence-electron chi connectivity index (χ0n) is 12.5. The second-order valence-corrected chi connectivity index (χ2v) is 5.65. The van der Waals surface area contributed by atoms with Crippen LogP contribution in [0, 0.1) is 5.82 Å². The van der Waals surface area contributed by atoms with Crippen molar-refractivity contribution in [1.82, 2.24) is 15.1 Å². The Bertz CT molecular complexity index is 573. The molecule has 0 saturated carbocycles. The highest BCUT2D eigenvalue weighted by molar-refractivity contribution is 5.41. The van der Waals surface area contributed by atoms with Gasteiger partial charge in [0.1, 0.15) is 5.82 Å². The summed E-state index contributed by atoms with van der Waals surface area (Å²) in [4.78, 5) is 0. The van der Waals surface area contributed by atoms with E-state index >= 15 is 0 Å². The summed E-state index contributed by atoms with van der Waals surface area (Å²) in [6.45, 7) is 8.99. The second kappa shape index (κ2) is 6.18. The highest BCUT2D eigenvalue weighted by atomic mass is 19.1. The molecular weight excluding hydrogens is 253 g/mol. The molecule has 0 aliphatic rings. The maximum Gasteiger partial charge on any atom is 0.123 e. The standard InChI is InChI=1S/C16H22FN3/c1-11(2)15-7-8-20(19-15)16-6-5-14(17)9-13(16)10-18-12(3)4/h5-9,11-12,18H,10H2,1-4H3. The van der Waals surface area contributed by atoms with E-state index in [-0.39, 0.29) is 5.82 Å². The number of halogens is 1. The molecule has 1 N–H and O–H groups in total. The van der Waals surface area contributed by atoms with Crippen LogP contribution in [0.25, 0.3) is 5.69 Å². The van der Waals surface area contributed by atoms with Gasteiger partial charge in [-0.2, -0.15) is 5.10 Å². The number of nitrogens with one attached hydrogen (secondary N) is 1. The van der Waals surface area contributed by atoms with Gasteiger partial charge in [0.2, 0.25) is 0 Å². The Hall–Kier alpha value is -1.68. The van der Waals surface area contributed by atoms with Gasteiger partial charge in [-0.25, -0.2) is 9.07 Å². The molecule has 0 radical (unpaired) electrons. The highest BCUT2D eigenvalue weighted by Gasteiger charge is 2.10. The van der Waals surface area contributed by atoms with E-state index < -0.39 is 0 Å². The first-order valence-corrected chi connectivity index (χ1v) is 7.05. The van der Waals surface area contributed by atoms with Gasteiger partial charge in [0.15, 0.2) is 0 Å². The molecule has 0 aliphatic carbocycles. The van der Waals surface area contributed by atoms with Crippen LogP contribution in [0.4, 0.5) is 4.39 Å². The first-order chi connectivity index (χ1) is 9.47. The Morgan fingerprint density at radius 3 is 2.55 bits per heavy atom. The quantitative estimate of drug-likeness (QED) is 0.903. The van der Waals surface area contributed by atoms with Crippen molar-refractivity contribution in [1.29, 1.82) is 0 Å². The van der Waals surface area contributed by atoms with E-state index in [1.807, 2.05) is 16.9 Å². The summed E-state index contributed by atoms with van der Waals surface area (Å²) in [5, 5.41) is 7.88. The minimum absolute atomic E-state index is 0.217. The zero-order chi connectivity index (χ0) is 14.7. The molecule has 4 heteroatoms. The summed E-state index contributed by atoms with van der Waals surface area (Å²) in [5.74, 6) is 0.166. The van der Waals surface area contributed by atoms with E-state index in [1.165, 1.54) is 6.07 Å². The van der Waals surface area contributed by atoms with Crippen LogP contribution >= 0.6 is 0 Å². The fraction of sp³-hybridized carbons (Fsp3) is 0.438. The minimum atomic E-state index is -0.217. The first kappa shape index (κ1) is 14.7. The molecule has 1 heterocycles. The lowest BCUT2D eigenvalue weighted by Gasteiger charge is -2.13. The van der Waals surface area contributed by atoms with E-state index in [0.717, 1.165) is 16.9 Å². The third-order valence-electron chi connectivity index (χ3n) is 3.19. The van der Waals surface area contributed by atoms with Crippen LogP contribution in [0.2, 0.25) is 0 Å². The Morgan fingerprint density at radius 2 is 1.95 bits per heavy atom. The van der Waals surface area contributed by atoms with Gasteiger partial charge in [-0.05, 0) is 35.7 Å². The lowest BCUT2D eigenvalue weighted by atomic mass is 10.1. The Kier molecular flexibility index (Phi) is 4.55. The van der Waals surface area contributed by atoms with Crippen molar-refractivity contribution in [3.63, 3.8) is 0 Å². The van der Waals surface area contributed by atoms with Crippen LogP contribution in [0.15, 0.2) is 30.5 Å². The molecule has 0 amide bonds. The van der Waals surface area contributed by atoms with Gasteiger partial charge in [0, 0.05) is 18.8 Å². The molecule has 0 bridgehead atoms. The van der Waals surface area contributed by atoms with Crippen LogP contribution in [-0.4, -0.2) is 15.8 Å². The van der Waals surface area contributed by atoms with Crippen LogP contribution in [-0.2, 0) is 6.54 Å². The third-order valence-corrected chi connectivity index (χ3v) is 3.19. The SMILES string of the molecule is CC(C)NCc1cc(F)ccc1-n1ccc(C(C)C)n1. The molecule has 0 spiro atoms. The van der Waals surface area contributed by atoms with Crippen LogP contribution in [0.1, 0.15) is 44.9 Å². The van der Waals surface area contributed by atoms with E-state index in [0.29, 0.717) is 18.5 Å². The lowest BCUT2D eigenvalue weighted by Crippen LogP contribution is -2.22. The van der Waals surface area contributed by atoms with Crippen LogP contribution in [0.5, 0.6) is 0 Å². The summed E-state index contributed by atoms with van der Waals surface area (Å²) in [7, 11) is 0. The van der Waals surface area contributed by atoms with Crippen molar-refractivity contribution in [2.45, 2.75) is 46.2 Å². The maximum absolute atomic E-state index is 13.5. The molecule has 108 valence electrons. The van der Waals surface area contributed by atoms with Crippen LogP contribution < -0.4 is 5.32 Å². The Labute approximate surface area is 119 Å². The van der Waals surface area contributed by atoms with Gasteiger partial charge in [-0.3, -0.25) is 0 Å². The van der Waals surface area contributed by atoms with Crippen molar-refractivity contribution in [3.05, 3.63) is 47.5 Å². The largest absolute Gasteiger partial charge is 0.310 e. The van der Waals surface area contributed by atoms with Crippen molar-refractivity contribution < 1.29 is 4.39 Å². The monoisotopic (exact) mass is 275 g/mol. The Morgan fingerprint density at radius 1 is 1.20 bits per heavy atom. The van der Waals surface area contributed by atoms with Gasteiger partial charge in [0.25, 0.3) is 0 Å². The molecule has 1 aromatic carbocycles. The van der Waals surface area contributed by atoms with Gasteiger partial charge in [0.05, 0.1) is 11.4 Å². The number of hydrogen-bond acceptors (Lipinski definition) is 2. The lowest BCUT2D eigenvalue weighted by molar-refractivity contribution is 0.578. The molecule has 0 unspecified atom stereocenters. The minimum Gasteiger partial charge on any atom is -0.310 e. The molecule has 20 heavy (non-hydrogen) atoms. The molecule has 3 nitrogen and oxygen atoms in total. The summed E-state index contributed by atoms with van der Waals surface area (Å²) >= 11 is 0. The van der Waals surface area contributed by atoms with Crippen molar-refractivity contribution in [2.75, 3.05) is 0 Å². The second-order valence-electron chi connectivity index (χ2n) is 5.65. The number of hydrogen-bond donors (Lipinski definition) is 1. The summed E-state index contributed by atoms with van der Waals surface area (Å²) in [6.07, 6.45) is 1.93. The van der Waals surface area contributed by atoms with E-state index in [1.54, 1.807) is 12.1 Å². The third kappa shape index (κ3) is 3.45. The normalized spacial score (nSPS) is 11.6. The van der Waals surface area contributed by atoms with Gasteiger partial charge >= 0.3 is 0 Å². The van der Waals surface area contributed by atoms with E-state index in [9.17, 15) is 4.39 Å². The fourth-order valence-electron chi connectivity index (χ4n) is 2.01. The first-order valence-electron chi connectivity index (χ1n) is 7.05. The summed E-state index contributed by atoms with van der Waals surface area (Å²) in [5.41, 5.74) is 2.88. The van der Waals surface area contributed by atoms with Crippen molar-refractivity contribution in [2.24, 2.45) is 0 Å². The van der Waals surface area contributed by atoms with Crippen molar-refractivity contribution in [3.8, 4) is 5.69 Å². The van der Waals surface area contributed by atoms with Gasteiger partial charge in [-0.1, -0.05) is 27.7 Å². The number of benzene rings is 1. The summed E-state index contributed by atoms with van der Waals surface area (Å²) in [6, 6.07) is 7.19. The molecule has 0 atom stereocenters. The zero-order valence-corrected chi connectivity index (χ0v) is 12.5. The smallest absolute Gasteiger partial charge is 0.123 e. The van der Waals surface area contributed by atoms with Crippen molar-refractivity contribution >= 4 is 0 Å².